The summed E-state index contributed by atoms with van der Waals surface area (Å²) in [7, 11) is 0. The molecule has 0 aliphatic heterocycles. The van der Waals surface area contributed by atoms with Gasteiger partial charge in [-0.15, -0.1) is 11.3 Å². The fourth-order valence-corrected chi connectivity index (χ4v) is 3.28. The molecule has 0 aliphatic rings. The Morgan fingerprint density at radius 2 is 2.24 bits per heavy atom. The van der Waals surface area contributed by atoms with Crippen molar-refractivity contribution in [2.24, 2.45) is 0 Å². The number of hydrogen-bond donors (Lipinski definition) is 2. The SMILES string of the molecule is Cc1csc(C(=O)NCCc2nc3ccccc3[nH]2)c1Cl. The number of aromatic nitrogens is 2. The third-order valence-electron chi connectivity index (χ3n) is 3.19. The van der Waals surface area contributed by atoms with Gasteiger partial charge in [0.1, 0.15) is 10.7 Å². The van der Waals surface area contributed by atoms with Crippen molar-refractivity contribution in [3.63, 3.8) is 0 Å². The standard InChI is InChI=1S/C15H14ClN3OS/c1-9-8-21-14(13(9)16)15(20)17-7-6-12-18-10-4-2-3-5-11(10)19-12/h2-5,8H,6-7H2,1H3,(H,17,20)(H,18,19). The van der Waals surface area contributed by atoms with E-state index in [2.05, 4.69) is 15.3 Å². The number of fused-ring (bicyclic) bond motifs is 1. The Morgan fingerprint density at radius 3 is 2.95 bits per heavy atom. The van der Waals surface area contributed by atoms with E-state index in [1.54, 1.807) is 0 Å². The van der Waals surface area contributed by atoms with Gasteiger partial charge < -0.3 is 10.3 Å². The maximum atomic E-state index is 12.0. The second-order valence-electron chi connectivity index (χ2n) is 4.77. The number of rotatable bonds is 4. The zero-order chi connectivity index (χ0) is 14.8. The monoisotopic (exact) mass is 319 g/mol. The van der Waals surface area contributed by atoms with E-state index in [0.717, 1.165) is 22.4 Å². The van der Waals surface area contributed by atoms with E-state index < -0.39 is 0 Å². The number of hydrogen-bond acceptors (Lipinski definition) is 3. The average Bonchev–Trinajstić information content (AvgIpc) is 3.03. The van der Waals surface area contributed by atoms with Gasteiger partial charge in [0.2, 0.25) is 0 Å². The van der Waals surface area contributed by atoms with Gasteiger partial charge in [-0.3, -0.25) is 4.79 Å². The Balaban J connectivity index is 1.61. The first-order valence-corrected chi connectivity index (χ1v) is 7.86. The number of aryl methyl sites for hydroxylation is 1. The lowest BCUT2D eigenvalue weighted by atomic mass is 10.3. The lowest BCUT2D eigenvalue weighted by molar-refractivity contribution is 0.0958. The smallest absolute Gasteiger partial charge is 0.262 e. The number of carbonyl (C=O) groups is 1. The molecule has 0 atom stereocenters. The summed E-state index contributed by atoms with van der Waals surface area (Å²) in [4.78, 5) is 20.3. The molecule has 0 saturated heterocycles. The number of H-pyrrole nitrogens is 1. The Bertz CT molecular complexity index is 760. The minimum atomic E-state index is -0.130. The average molecular weight is 320 g/mol. The van der Waals surface area contributed by atoms with Crippen molar-refractivity contribution >= 4 is 39.9 Å². The summed E-state index contributed by atoms with van der Waals surface area (Å²) < 4.78 is 0. The predicted molar refractivity (Wildman–Crippen MR) is 86.2 cm³/mol. The van der Waals surface area contributed by atoms with Crippen LogP contribution in [0.15, 0.2) is 29.6 Å². The molecule has 0 radical (unpaired) electrons. The van der Waals surface area contributed by atoms with Crippen molar-refractivity contribution in [2.45, 2.75) is 13.3 Å². The summed E-state index contributed by atoms with van der Waals surface area (Å²) in [6.07, 6.45) is 0.655. The van der Waals surface area contributed by atoms with E-state index in [-0.39, 0.29) is 5.91 Å². The van der Waals surface area contributed by atoms with Gasteiger partial charge in [0.25, 0.3) is 5.91 Å². The maximum Gasteiger partial charge on any atom is 0.262 e. The number of para-hydroxylation sites is 2. The van der Waals surface area contributed by atoms with Crippen LogP contribution in [0.1, 0.15) is 21.1 Å². The Labute approximate surface area is 131 Å². The molecule has 21 heavy (non-hydrogen) atoms. The Hall–Kier alpha value is -1.85. The third kappa shape index (κ3) is 2.94. The Kier molecular flexibility index (Phi) is 3.94. The number of benzene rings is 1. The van der Waals surface area contributed by atoms with E-state index in [9.17, 15) is 4.79 Å². The van der Waals surface area contributed by atoms with Crippen molar-refractivity contribution in [1.29, 1.82) is 0 Å². The van der Waals surface area contributed by atoms with Crippen LogP contribution >= 0.6 is 22.9 Å². The minimum Gasteiger partial charge on any atom is -0.351 e. The second kappa shape index (κ2) is 5.87. The molecule has 3 aromatic rings. The highest BCUT2D eigenvalue weighted by Gasteiger charge is 2.14. The number of thiophene rings is 1. The molecule has 0 spiro atoms. The van der Waals surface area contributed by atoms with Gasteiger partial charge in [0.15, 0.2) is 0 Å². The zero-order valence-electron chi connectivity index (χ0n) is 11.4. The second-order valence-corrected chi connectivity index (χ2v) is 6.03. The molecule has 0 unspecified atom stereocenters. The predicted octanol–water partition coefficient (Wildman–Crippen LogP) is 3.56. The molecule has 3 rings (SSSR count). The molecule has 2 N–H and O–H groups in total. The first kappa shape index (κ1) is 14.1. The van der Waals surface area contributed by atoms with Crippen LogP contribution in [0.25, 0.3) is 11.0 Å². The van der Waals surface area contributed by atoms with Crippen molar-refractivity contribution in [3.05, 3.63) is 50.9 Å². The van der Waals surface area contributed by atoms with Crippen LogP contribution in [0.2, 0.25) is 5.02 Å². The molecule has 2 aromatic heterocycles. The highest BCUT2D eigenvalue weighted by atomic mass is 35.5. The highest BCUT2D eigenvalue weighted by molar-refractivity contribution is 7.13. The molecule has 0 aliphatic carbocycles. The quantitative estimate of drug-likeness (QED) is 0.772. The van der Waals surface area contributed by atoms with Gasteiger partial charge in [-0.1, -0.05) is 23.7 Å². The van der Waals surface area contributed by atoms with E-state index in [4.69, 9.17) is 11.6 Å². The van der Waals surface area contributed by atoms with E-state index in [1.807, 2.05) is 36.6 Å². The van der Waals surface area contributed by atoms with Crippen molar-refractivity contribution in [3.8, 4) is 0 Å². The van der Waals surface area contributed by atoms with Crippen LogP contribution in [-0.4, -0.2) is 22.4 Å². The summed E-state index contributed by atoms with van der Waals surface area (Å²) in [5.41, 5.74) is 2.88. The van der Waals surface area contributed by atoms with Gasteiger partial charge in [0, 0.05) is 13.0 Å². The van der Waals surface area contributed by atoms with Crippen molar-refractivity contribution in [1.82, 2.24) is 15.3 Å². The van der Waals surface area contributed by atoms with Crippen molar-refractivity contribution in [2.75, 3.05) is 6.54 Å². The highest BCUT2D eigenvalue weighted by Crippen LogP contribution is 2.26. The van der Waals surface area contributed by atoms with Crippen LogP contribution in [0, 0.1) is 6.92 Å². The summed E-state index contributed by atoms with van der Waals surface area (Å²) in [5.74, 6) is 0.735. The molecule has 0 saturated carbocycles. The number of nitrogens with one attached hydrogen (secondary N) is 2. The number of amides is 1. The van der Waals surface area contributed by atoms with Crippen LogP contribution in [0.5, 0.6) is 0 Å². The molecule has 0 bridgehead atoms. The molecular formula is C15H14ClN3OS. The normalized spacial score (nSPS) is 11.0. The summed E-state index contributed by atoms with van der Waals surface area (Å²) >= 11 is 7.45. The minimum absolute atomic E-state index is 0.130. The zero-order valence-corrected chi connectivity index (χ0v) is 13.0. The topological polar surface area (TPSA) is 57.8 Å². The first-order chi connectivity index (χ1) is 10.1. The van der Waals surface area contributed by atoms with E-state index in [0.29, 0.717) is 22.9 Å². The van der Waals surface area contributed by atoms with E-state index in [1.165, 1.54) is 11.3 Å². The molecule has 2 heterocycles. The molecule has 1 aromatic carbocycles. The molecule has 1 amide bonds. The third-order valence-corrected chi connectivity index (χ3v) is 4.89. The lowest BCUT2D eigenvalue weighted by Gasteiger charge is -2.02. The number of nitrogens with zero attached hydrogens (tertiary/aromatic N) is 1. The molecule has 4 nitrogen and oxygen atoms in total. The van der Waals surface area contributed by atoms with Crippen LogP contribution in [0.3, 0.4) is 0 Å². The van der Waals surface area contributed by atoms with Gasteiger partial charge >= 0.3 is 0 Å². The summed E-state index contributed by atoms with van der Waals surface area (Å²) in [6, 6.07) is 7.86. The number of aromatic amines is 1. The summed E-state index contributed by atoms with van der Waals surface area (Å²) in [6.45, 7) is 2.41. The van der Waals surface area contributed by atoms with Gasteiger partial charge in [-0.25, -0.2) is 4.98 Å². The van der Waals surface area contributed by atoms with Crippen LogP contribution in [-0.2, 0) is 6.42 Å². The number of halogens is 1. The maximum absolute atomic E-state index is 12.0. The lowest BCUT2D eigenvalue weighted by Crippen LogP contribution is -2.25. The van der Waals surface area contributed by atoms with Crippen LogP contribution in [0.4, 0.5) is 0 Å². The number of carbonyl (C=O) groups excluding carboxylic acids is 1. The van der Waals surface area contributed by atoms with Gasteiger partial charge in [-0.2, -0.15) is 0 Å². The largest absolute Gasteiger partial charge is 0.351 e. The molecule has 0 fully saturated rings. The fraction of sp³-hybridized carbons (Fsp3) is 0.200. The fourth-order valence-electron chi connectivity index (χ4n) is 2.08. The van der Waals surface area contributed by atoms with E-state index >= 15 is 0 Å². The summed E-state index contributed by atoms with van der Waals surface area (Å²) in [5, 5.41) is 5.30. The molecule has 6 heteroatoms. The van der Waals surface area contributed by atoms with Crippen LogP contribution < -0.4 is 5.32 Å². The molecular weight excluding hydrogens is 306 g/mol. The van der Waals surface area contributed by atoms with Gasteiger partial charge in [0.05, 0.1) is 16.1 Å². The number of imidazole rings is 1. The van der Waals surface area contributed by atoms with Gasteiger partial charge in [-0.05, 0) is 30.0 Å². The molecule has 108 valence electrons. The van der Waals surface area contributed by atoms with Crippen molar-refractivity contribution < 1.29 is 4.79 Å². The first-order valence-electron chi connectivity index (χ1n) is 6.60. The Morgan fingerprint density at radius 1 is 1.43 bits per heavy atom.